The average molecular weight is 522 g/mol. The highest BCUT2D eigenvalue weighted by Crippen LogP contribution is 2.28. The molecule has 1 N–H and O–H groups in total. The summed E-state index contributed by atoms with van der Waals surface area (Å²) in [5, 5.41) is 13.4. The molecule has 1 amide bonds. The summed E-state index contributed by atoms with van der Waals surface area (Å²) >= 11 is 0. The highest BCUT2D eigenvalue weighted by Gasteiger charge is 2.52. The normalized spacial score (nSPS) is 23.0. The van der Waals surface area contributed by atoms with Gasteiger partial charge < -0.3 is 29.0 Å². The van der Waals surface area contributed by atoms with Gasteiger partial charge in [-0.1, -0.05) is 12.1 Å². The number of esters is 4. The van der Waals surface area contributed by atoms with Gasteiger partial charge >= 0.3 is 23.9 Å². The van der Waals surface area contributed by atoms with E-state index < -0.39 is 72.0 Å². The van der Waals surface area contributed by atoms with Crippen LogP contribution in [0.3, 0.4) is 0 Å². The molecule has 1 aliphatic rings. The van der Waals surface area contributed by atoms with E-state index in [-0.39, 0.29) is 5.69 Å². The number of nitrogens with one attached hydrogen (secondary N) is 1. The first-order chi connectivity index (χ1) is 17.4. The maximum absolute atomic E-state index is 12.7. The quantitative estimate of drug-likeness (QED) is 0.158. The summed E-state index contributed by atoms with van der Waals surface area (Å²) in [6.45, 7) is 3.92. The lowest BCUT2D eigenvalue weighted by molar-refractivity contribution is -0.384. The maximum atomic E-state index is 12.7. The second kappa shape index (κ2) is 13.1. The van der Waals surface area contributed by atoms with Crippen molar-refractivity contribution in [3.8, 4) is 0 Å². The third kappa shape index (κ3) is 9.00. The van der Waals surface area contributed by atoms with Crippen LogP contribution in [0, 0.1) is 10.1 Å². The molecule has 5 atom stereocenters. The van der Waals surface area contributed by atoms with E-state index in [1.807, 2.05) is 0 Å². The van der Waals surface area contributed by atoms with Gasteiger partial charge in [0.15, 0.2) is 12.2 Å². The molecule has 37 heavy (non-hydrogen) atoms. The molecule has 2 rings (SSSR count). The predicted octanol–water partition coefficient (Wildman–Crippen LogP) is 0.807. The summed E-state index contributed by atoms with van der Waals surface area (Å²) in [6, 6.07) is 4.12. The van der Waals surface area contributed by atoms with Crippen LogP contribution in [-0.4, -0.2) is 72.0 Å². The molecular weight excluding hydrogens is 496 g/mol. The van der Waals surface area contributed by atoms with Crippen molar-refractivity contribution in [1.82, 2.24) is 5.32 Å². The zero-order chi connectivity index (χ0) is 27.7. The van der Waals surface area contributed by atoms with E-state index in [2.05, 4.69) is 5.32 Å². The van der Waals surface area contributed by atoms with Crippen molar-refractivity contribution in [1.29, 1.82) is 0 Å². The summed E-state index contributed by atoms with van der Waals surface area (Å²) in [7, 11) is 0. The van der Waals surface area contributed by atoms with E-state index in [4.69, 9.17) is 23.7 Å². The maximum Gasteiger partial charge on any atom is 0.305 e. The molecule has 0 aromatic heterocycles. The molecule has 0 aliphatic carbocycles. The molecule has 0 saturated carbocycles. The fourth-order valence-electron chi connectivity index (χ4n) is 3.45. The van der Waals surface area contributed by atoms with Gasteiger partial charge in [0.2, 0.25) is 12.2 Å². The molecule has 14 heteroatoms. The third-order valence-corrected chi connectivity index (χ3v) is 4.80. The number of nitro groups is 1. The summed E-state index contributed by atoms with van der Waals surface area (Å²) in [5.74, 6) is -3.88. The van der Waals surface area contributed by atoms with Crippen LogP contribution in [0.1, 0.15) is 33.3 Å². The molecule has 1 heterocycles. The highest BCUT2D eigenvalue weighted by molar-refractivity contribution is 5.92. The fourth-order valence-corrected chi connectivity index (χ4v) is 3.45. The van der Waals surface area contributed by atoms with Crippen molar-refractivity contribution in [3.05, 3.63) is 46.0 Å². The number of ether oxygens (including phenoxy) is 5. The number of non-ortho nitro benzene ring substituents is 1. The van der Waals surface area contributed by atoms with E-state index >= 15 is 0 Å². The number of nitro benzene ring substituents is 1. The SMILES string of the molecule is CC(=O)OCC1OC(OC(C)=O)C(NC(=O)C=Cc2cccc([N+](=O)[O-])c2)C(OC(C)=O)C1OC(C)=O. The summed E-state index contributed by atoms with van der Waals surface area (Å²) in [4.78, 5) is 69.9. The summed E-state index contributed by atoms with van der Waals surface area (Å²) in [5.41, 5.74) is 0.160. The molecule has 0 bridgehead atoms. The molecule has 0 radical (unpaired) electrons. The van der Waals surface area contributed by atoms with Gasteiger partial charge in [0.1, 0.15) is 18.8 Å². The van der Waals surface area contributed by atoms with Crippen LogP contribution in [0.4, 0.5) is 5.69 Å². The standard InChI is InChI=1S/C23H26N2O12/c1-12(26)33-11-18-21(34-13(2)27)22(35-14(3)28)20(23(37-18)36-15(4)29)24-19(30)9-8-16-6-5-7-17(10-16)25(31)32/h5-10,18,20-23H,11H2,1-4H3,(H,24,30). The number of amides is 1. The zero-order valence-corrected chi connectivity index (χ0v) is 20.4. The van der Waals surface area contributed by atoms with Crippen LogP contribution < -0.4 is 5.32 Å². The first kappa shape index (κ1) is 28.9. The Hall–Kier alpha value is -4.33. The minimum atomic E-state index is -1.54. The summed E-state index contributed by atoms with van der Waals surface area (Å²) in [6.07, 6.45) is -3.21. The van der Waals surface area contributed by atoms with Crippen molar-refractivity contribution in [2.24, 2.45) is 0 Å². The molecule has 200 valence electrons. The van der Waals surface area contributed by atoms with Gasteiger partial charge in [0.25, 0.3) is 5.69 Å². The van der Waals surface area contributed by atoms with Gasteiger partial charge in [-0.25, -0.2) is 0 Å². The topological polar surface area (TPSA) is 187 Å². The van der Waals surface area contributed by atoms with Gasteiger partial charge in [0, 0.05) is 45.9 Å². The first-order valence-electron chi connectivity index (χ1n) is 10.9. The molecular formula is C23H26N2O12. The van der Waals surface area contributed by atoms with Crippen LogP contribution in [0.2, 0.25) is 0 Å². The van der Waals surface area contributed by atoms with Crippen LogP contribution in [0.5, 0.6) is 0 Å². The molecule has 1 aliphatic heterocycles. The monoisotopic (exact) mass is 522 g/mol. The number of carbonyl (C=O) groups is 5. The Morgan fingerprint density at radius 2 is 1.59 bits per heavy atom. The van der Waals surface area contributed by atoms with E-state index in [1.54, 1.807) is 0 Å². The lowest BCUT2D eigenvalue weighted by atomic mass is 9.96. The number of hydrogen-bond donors (Lipinski definition) is 1. The smallest absolute Gasteiger partial charge is 0.305 e. The number of benzene rings is 1. The Labute approximate surface area is 211 Å². The molecule has 1 fully saturated rings. The van der Waals surface area contributed by atoms with Crippen LogP contribution in [0.15, 0.2) is 30.3 Å². The van der Waals surface area contributed by atoms with Crippen LogP contribution >= 0.6 is 0 Å². The third-order valence-electron chi connectivity index (χ3n) is 4.80. The largest absolute Gasteiger partial charge is 0.463 e. The molecule has 1 aromatic rings. The predicted molar refractivity (Wildman–Crippen MR) is 122 cm³/mol. The lowest BCUT2D eigenvalue weighted by Crippen LogP contribution is -2.66. The van der Waals surface area contributed by atoms with Crippen molar-refractivity contribution < 1.29 is 52.6 Å². The van der Waals surface area contributed by atoms with Crippen LogP contribution in [-0.2, 0) is 47.7 Å². The lowest BCUT2D eigenvalue weighted by Gasteiger charge is -2.44. The van der Waals surface area contributed by atoms with Crippen molar-refractivity contribution in [3.63, 3.8) is 0 Å². The molecule has 1 aromatic carbocycles. The minimum absolute atomic E-state index is 0.184. The Bertz CT molecular complexity index is 1090. The van der Waals surface area contributed by atoms with Crippen molar-refractivity contribution >= 4 is 41.5 Å². The molecule has 0 spiro atoms. The van der Waals surface area contributed by atoms with Crippen LogP contribution in [0.25, 0.3) is 6.08 Å². The van der Waals surface area contributed by atoms with Crippen molar-refractivity contribution in [2.45, 2.75) is 58.3 Å². The second-order valence-corrected chi connectivity index (χ2v) is 7.82. The van der Waals surface area contributed by atoms with Gasteiger partial charge in [-0.05, 0) is 11.6 Å². The van der Waals surface area contributed by atoms with E-state index in [0.717, 1.165) is 33.8 Å². The Kier molecular flexibility index (Phi) is 10.2. The van der Waals surface area contributed by atoms with Gasteiger partial charge in [-0.2, -0.15) is 0 Å². The van der Waals surface area contributed by atoms with Gasteiger partial charge in [0.05, 0.1) is 4.92 Å². The van der Waals surface area contributed by atoms with Gasteiger partial charge in [-0.3, -0.25) is 34.1 Å². The molecule has 1 saturated heterocycles. The Balaban J connectivity index is 2.38. The Morgan fingerprint density at radius 3 is 2.16 bits per heavy atom. The first-order valence-corrected chi connectivity index (χ1v) is 10.9. The van der Waals surface area contributed by atoms with E-state index in [0.29, 0.717) is 5.56 Å². The molecule has 5 unspecified atom stereocenters. The molecule has 14 nitrogen and oxygen atoms in total. The second-order valence-electron chi connectivity index (χ2n) is 7.82. The Morgan fingerprint density at radius 1 is 0.973 bits per heavy atom. The van der Waals surface area contributed by atoms with E-state index in [1.165, 1.54) is 30.3 Å². The van der Waals surface area contributed by atoms with Crippen molar-refractivity contribution in [2.75, 3.05) is 6.61 Å². The number of carbonyl (C=O) groups excluding carboxylic acids is 5. The van der Waals surface area contributed by atoms with E-state index in [9.17, 15) is 34.1 Å². The highest BCUT2D eigenvalue weighted by atomic mass is 16.7. The van der Waals surface area contributed by atoms with Gasteiger partial charge in [-0.15, -0.1) is 0 Å². The number of nitrogens with zero attached hydrogens (tertiary/aromatic N) is 1. The average Bonchev–Trinajstić information content (AvgIpc) is 2.79. The summed E-state index contributed by atoms with van der Waals surface area (Å²) < 4.78 is 26.4. The number of rotatable bonds is 9. The zero-order valence-electron chi connectivity index (χ0n) is 20.4. The minimum Gasteiger partial charge on any atom is -0.463 e. The fraction of sp³-hybridized carbons (Fsp3) is 0.435. The number of hydrogen-bond acceptors (Lipinski definition) is 12.